The number of amides is 2. The highest BCUT2D eigenvalue weighted by molar-refractivity contribution is 7.07. The van der Waals surface area contributed by atoms with E-state index in [-0.39, 0.29) is 6.03 Å². The Bertz CT molecular complexity index is 477. The Labute approximate surface area is 121 Å². The van der Waals surface area contributed by atoms with Gasteiger partial charge in [0.25, 0.3) is 0 Å². The molecule has 110 valence electrons. The lowest BCUT2D eigenvalue weighted by Gasteiger charge is -2.34. The molecule has 1 aromatic heterocycles. The molecule has 2 rings (SSSR count). The minimum atomic E-state index is -1.04. The van der Waals surface area contributed by atoms with Crippen LogP contribution in [0.2, 0.25) is 0 Å². The number of rotatable bonds is 5. The number of thiazole rings is 1. The third kappa shape index (κ3) is 2.77. The molecule has 0 aliphatic carbocycles. The third-order valence-electron chi connectivity index (χ3n) is 3.70. The first kappa shape index (κ1) is 14.8. The minimum Gasteiger partial charge on any atom is -0.479 e. The SMILES string of the molecule is CCCC1(C(=O)O)CCCN1C(=O)NCc1cscn1. The average Bonchev–Trinajstić information content (AvgIpc) is 3.06. The van der Waals surface area contributed by atoms with E-state index < -0.39 is 11.5 Å². The fraction of sp³-hybridized carbons (Fsp3) is 0.615. The number of aliphatic carboxylic acids is 1. The highest BCUT2D eigenvalue weighted by atomic mass is 32.1. The summed E-state index contributed by atoms with van der Waals surface area (Å²) in [7, 11) is 0. The molecule has 0 radical (unpaired) electrons. The van der Waals surface area contributed by atoms with Gasteiger partial charge >= 0.3 is 12.0 Å². The summed E-state index contributed by atoms with van der Waals surface area (Å²) in [5.41, 5.74) is 1.45. The van der Waals surface area contributed by atoms with E-state index in [1.165, 1.54) is 16.2 Å². The van der Waals surface area contributed by atoms with E-state index in [0.717, 1.165) is 18.5 Å². The van der Waals surface area contributed by atoms with Crippen LogP contribution >= 0.6 is 11.3 Å². The van der Waals surface area contributed by atoms with Gasteiger partial charge in [0.15, 0.2) is 0 Å². The highest BCUT2D eigenvalue weighted by Crippen LogP contribution is 2.34. The van der Waals surface area contributed by atoms with Crippen LogP contribution in [0, 0.1) is 0 Å². The lowest BCUT2D eigenvalue weighted by Crippen LogP contribution is -2.55. The van der Waals surface area contributed by atoms with E-state index in [0.29, 0.717) is 25.9 Å². The van der Waals surface area contributed by atoms with E-state index in [4.69, 9.17) is 0 Å². The second kappa shape index (κ2) is 6.21. The number of nitrogens with one attached hydrogen (secondary N) is 1. The van der Waals surface area contributed by atoms with Crippen molar-refractivity contribution in [3.05, 3.63) is 16.6 Å². The first-order valence-corrected chi connectivity index (χ1v) is 7.70. The molecule has 1 fully saturated rings. The number of carboxylic acid groups (broad SMARTS) is 1. The molecule has 1 aliphatic heterocycles. The van der Waals surface area contributed by atoms with Crippen LogP contribution in [0.4, 0.5) is 4.79 Å². The molecule has 0 spiro atoms. The van der Waals surface area contributed by atoms with Gasteiger partial charge in [-0.3, -0.25) is 0 Å². The van der Waals surface area contributed by atoms with Gasteiger partial charge in [-0.2, -0.15) is 0 Å². The monoisotopic (exact) mass is 297 g/mol. The van der Waals surface area contributed by atoms with Gasteiger partial charge in [0, 0.05) is 11.9 Å². The number of urea groups is 1. The molecule has 0 aromatic carbocycles. The van der Waals surface area contributed by atoms with E-state index in [9.17, 15) is 14.7 Å². The van der Waals surface area contributed by atoms with Gasteiger partial charge in [0.1, 0.15) is 5.54 Å². The van der Waals surface area contributed by atoms with Crippen LogP contribution in [0.15, 0.2) is 10.9 Å². The van der Waals surface area contributed by atoms with Crippen LogP contribution in [0.3, 0.4) is 0 Å². The number of nitrogens with zero attached hydrogens (tertiary/aromatic N) is 2. The smallest absolute Gasteiger partial charge is 0.329 e. The lowest BCUT2D eigenvalue weighted by atomic mass is 9.91. The zero-order valence-electron chi connectivity index (χ0n) is 11.5. The zero-order chi connectivity index (χ0) is 14.6. The largest absolute Gasteiger partial charge is 0.479 e. The van der Waals surface area contributed by atoms with Gasteiger partial charge < -0.3 is 15.3 Å². The maximum Gasteiger partial charge on any atom is 0.329 e. The average molecular weight is 297 g/mol. The van der Waals surface area contributed by atoms with Crippen molar-refractivity contribution in [3.63, 3.8) is 0 Å². The molecular formula is C13H19N3O3S. The molecule has 1 aromatic rings. The molecule has 1 atom stereocenters. The molecule has 7 heteroatoms. The summed E-state index contributed by atoms with van der Waals surface area (Å²) < 4.78 is 0. The summed E-state index contributed by atoms with van der Waals surface area (Å²) in [4.78, 5) is 29.5. The molecule has 0 bridgehead atoms. The molecular weight excluding hydrogens is 278 g/mol. The number of carbonyl (C=O) groups is 2. The Morgan fingerprint density at radius 2 is 2.40 bits per heavy atom. The molecule has 2 N–H and O–H groups in total. The summed E-state index contributed by atoms with van der Waals surface area (Å²) in [5, 5.41) is 14.2. The maximum atomic E-state index is 12.3. The van der Waals surface area contributed by atoms with Crippen LogP contribution in [-0.2, 0) is 11.3 Å². The Morgan fingerprint density at radius 1 is 1.60 bits per heavy atom. The molecule has 20 heavy (non-hydrogen) atoms. The number of carbonyl (C=O) groups excluding carboxylic acids is 1. The second-order valence-electron chi connectivity index (χ2n) is 4.98. The van der Waals surface area contributed by atoms with E-state index in [1.54, 1.807) is 5.51 Å². The number of hydrogen-bond acceptors (Lipinski definition) is 4. The standard InChI is InChI=1S/C13H19N3O3S/c1-2-4-13(11(17)18)5-3-6-16(13)12(19)14-7-10-8-20-9-15-10/h8-9H,2-7H2,1H3,(H,14,19)(H,17,18). The number of aromatic nitrogens is 1. The van der Waals surface area contributed by atoms with Crippen molar-refractivity contribution in [1.29, 1.82) is 0 Å². The Morgan fingerprint density at radius 3 is 3.00 bits per heavy atom. The minimum absolute atomic E-state index is 0.314. The third-order valence-corrected chi connectivity index (χ3v) is 4.34. The Kier molecular flexibility index (Phi) is 4.59. The topological polar surface area (TPSA) is 82.5 Å². The lowest BCUT2D eigenvalue weighted by molar-refractivity contribution is -0.148. The van der Waals surface area contributed by atoms with Gasteiger partial charge in [0.2, 0.25) is 0 Å². The molecule has 1 saturated heterocycles. The van der Waals surface area contributed by atoms with E-state index >= 15 is 0 Å². The number of hydrogen-bond donors (Lipinski definition) is 2. The highest BCUT2D eigenvalue weighted by Gasteiger charge is 2.49. The molecule has 1 unspecified atom stereocenters. The van der Waals surface area contributed by atoms with Crippen LogP contribution in [0.5, 0.6) is 0 Å². The molecule has 6 nitrogen and oxygen atoms in total. The quantitative estimate of drug-likeness (QED) is 0.871. The number of carboxylic acids is 1. The predicted octanol–water partition coefficient (Wildman–Crippen LogP) is 2.07. The van der Waals surface area contributed by atoms with Crippen molar-refractivity contribution in [2.75, 3.05) is 6.54 Å². The summed E-state index contributed by atoms with van der Waals surface area (Å²) in [5.74, 6) is -0.902. The van der Waals surface area contributed by atoms with Gasteiger partial charge in [-0.05, 0) is 19.3 Å². The maximum absolute atomic E-state index is 12.3. The first-order chi connectivity index (χ1) is 9.60. The van der Waals surface area contributed by atoms with Crippen LogP contribution in [0.25, 0.3) is 0 Å². The van der Waals surface area contributed by atoms with Crippen LogP contribution < -0.4 is 5.32 Å². The van der Waals surface area contributed by atoms with Gasteiger partial charge in [-0.1, -0.05) is 13.3 Å². The van der Waals surface area contributed by atoms with Gasteiger partial charge in [-0.25, -0.2) is 14.6 Å². The Balaban J connectivity index is 2.05. The van der Waals surface area contributed by atoms with Crippen molar-refractivity contribution in [3.8, 4) is 0 Å². The zero-order valence-corrected chi connectivity index (χ0v) is 12.3. The molecule has 2 amide bonds. The van der Waals surface area contributed by atoms with Gasteiger partial charge in [0.05, 0.1) is 17.7 Å². The second-order valence-corrected chi connectivity index (χ2v) is 5.70. The van der Waals surface area contributed by atoms with Crippen molar-refractivity contribution in [2.24, 2.45) is 0 Å². The molecule has 0 saturated carbocycles. The van der Waals surface area contributed by atoms with Crippen LogP contribution in [-0.4, -0.2) is 39.1 Å². The summed E-state index contributed by atoms with van der Waals surface area (Å²) in [6.45, 7) is 2.77. The molecule has 1 aliphatic rings. The van der Waals surface area contributed by atoms with E-state index in [2.05, 4.69) is 10.3 Å². The van der Waals surface area contributed by atoms with Crippen molar-refractivity contribution in [1.82, 2.24) is 15.2 Å². The molecule has 2 heterocycles. The normalized spacial score (nSPS) is 21.9. The Hall–Kier alpha value is -1.63. The fourth-order valence-corrected chi connectivity index (χ4v) is 3.32. The number of likely N-dealkylation sites (tertiary alicyclic amines) is 1. The van der Waals surface area contributed by atoms with Crippen molar-refractivity contribution in [2.45, 2.75) is 44.7 Å². The summed E-state index contributed by atoms with van der Waals surface area (Å²) in [6.07, 6.45) is 2.49. The summed E-state index contributed by atoms with van der Waals surface area (Å²) >= 11 is 1.47. The fourth-order valence-electron chi connectivity index (χ4n) is 2.76. The van der Waals surface area contributed by atoms with E-state index in [1.807, 2.05) is 12.3 Å². The van der Waals surface area contributed by atoms with Crippen molar-refractivity contribution < 1.29 is 14.7 Å². The van der Waals surface area contributed by atoms with Crippen LogP contribution in [0.1, 0.15) is 38.3 Å². The summed E-state index contributed by atoms with van der Waals surface area (Å²) in [6, 6.07) is -0.314. The first-order valence-electron chi connectivity index (χ1n) is 6.76. The van der Waals surface area contributed by atoms with Crippen molar-refractivity contribution >= 4 is 23.3 Å². The van der Waals surface area contributed by atoms with Gasteiger partial charge in [-0.15, -0.1) is 11.3 Å². The predicted molar refractivity (Wildman–Crippen MR) is 75.6 cm³/mol.